The summed E-state index contributed by atoms with van der Waals surface area (Å²) in [7, 11) is 2.23. The minimum absolute atomic E-state index is 0.701. The molecule has 4 aliphatic heterocycles. The molecule has 0 saturated carbocycles. The van der Waals surface area contributed by atoms with Crippen molar-refractivity contribution in [1.82, 2.24) is 20.0 Å². The van der Waals surface area contributed by atoms with Crippen LogP contribution in [-0.2, 0) is 0 Å². The SMILES string of the molecule is CC.CC.CC(C)N1CCN2CCCC2C1.CN1CCC2(CCNC2)CC1. The van der Waals surface area contributed by atoms with Gasteiger partial charge in [-0.2, -0.15) is 0 Å². The van der Waals surface area contributed by atoms with Crippen LogP contribution in [0.4, 0.5) is 0 Å². The molecule has 1 unspecified atom stereocenters. The van der Waals surface area contributed by atoms with E-state index < -0.39 is 0 Å². The van der Waals surface area contributed by atoms with Gasteiger partial charge in [-0.25, -0.2) is 0 Å². The van der Waals surface area contributed by atoms with E-state index in [0.29, 0.717) is 5.41 Å². The van der Waals surface area contributed by atoms with Crippen LogP contribution in [0, 0.1) is 5.41 Å². The zero-order valence-corrected chi connectivity index (χ0v) is 19.7. The van der Waals surface area contributed by atoms with Crippen LogP contribution in [0.1, 0.15) is 73.6 Å². The summed E-state index contributed by atoms with van der Waals surface area (Å²) in [4.78, 5) is 7.73. The van der Waals surface area contributed by atoms with E-state index in [1.54, 1.807) is 0 Å². The highest BCUT2D eigenvalue weighted by Gasteiger charge is 2.36. The van der Waals surface area contributed by atoms with E-state index in [1.165, 1.54) is 84.5 Å². The Bertz CT molecular complexity index is 355. The first-order valence-electron chi connectivity index (χ1n) is 12.0. The predicted molar refractivity (Wildman–Crippen MR) is 121 cm³/mol. The first-order chi connectivity index (χ1) is 13.1. The molecule has 4 saturated heterocycles. The molecule has 162 valence electrons. The van der Waals surface area contributed by atoms with Crippen molar-refractivity contribution in [2.45, 2.75) is 85.7 Å². The van der Waals surface area contributed by atoms with Crippen LogP contribution >= 0.6 is 0 Å². The second-order valence-corrected chi connectivity index (χ2v) is 8.65. The number of fused-ring (bicyclic) bond motifs is 1. The van der Waals surface area contributed by atoms with Crippen molar-refractivity contribution >= 4 is 0 Å². The number of hydrogen-bond donors (Lipinski definition) is 1. The molecule has 4 fully saturated rings. The maximum absolute atomic E-state index is 3.48. The largest absolute Gasteiger partial charge is 0.316 e. The first kappa shape index (κ1) is 24.9. The van der Waals surface area contributed by atoms with Crippen LogP contribution in [0.3, 0.4) is 0 Å². The van der Waals surface area contributed by atoms with Crippen LogP contribution in [0.2, 0.25) is 0 Å². The molecule has 0 bridgehead atoms. The molecule has 4 heteroatoms. The Labute approximate surface area is 171 Å². The molecular weight excluding hydrogens is 332 g/mol. The molecule has 4 rings (SSSR count). The molecule has 0 aromatic rings. The maximum Gasteiger partial charge on any atom is 0.0224 e. The molecule has 1 atom stereocenters. The highest BCUT2D eigenvalue weighted by Crippen LogP contribution is 2.36. The molecule has 1 N–H and O–H groups in total. The molecule has 4 aliphatic rings. The Morgan fingerprint density at radius 1 is 0.889 bits per heavy atom. The summed E-state index contributed by atoms with van der Waals surface area (Å²) in [5.41, 5.74) is 0.701. The van der Waals surface area contributed by atoms with Crippen molar-refractivity contribution in [2.24, 2.45) is 5.41 Å². The third kappa shape index (κ3) is 7.64. The molecule has 27 heavy (non-hydrogen) atoms. The van der Waals surface area contributed by atoms with Gasteiger partial charge in [-0.3, -0.25) is 9.80 Å². The van der Waals surface area contributed by atoms with Crippen LogP contribution in [-0.4, -0.2) is 86.2 Å². The van der Waals surface area contributed by atoms with Gasteiger partial charge >= 0.3 is 0 Å². The molecule has 0 aromatic heterocycles. The number of hydrogen-bond acceptors (Lipinski definition) is 4. The quantitative estimate of drug-likeness (QED) is 0.742. The summed E-state index contributed by atoms with van der Waals surface area (Å²) in [6, 6.07) is 1.63. The summed E-state index contributed by atoms with van der Waals surface area (Å²) in [5.74, 6) is 0. The van der Waals surface area contributed by atoms with Gasteiger partial charge < -0.3 is 10.2 Å². The van der Waals surface area contributed by atoms with E-state index in [0.717, 1.165) is 12.1 Å². The number of rotatable bonds is 1. The Hall–Kier alpha value is -0.160. The lowest BCUT2D eigenvalue weighted by Crippen LogP contribution is -2.52. The normalized spacial score (nSPS) is 27.8. The zero-order chi connectivity index (χ0) is 20.3. The minimum Gasteiger partial charge on any atom is -0.316 e. The Balaban J connectivity index is 0.000000229. The fraction of sp³-hybridized carbons (Fsp3) is 1.00. The Kier molecular flexibility index (Phi) is 12.1. The monoisotopic (exact) mass is 382 g/mol. The van der Waals surface area contributed by atoms with Crippen molar-refractivity contribution < 1.29 is 0 Å². The highest BCUT2D eigenvalue weighted by atomic mass is 15.3. The van der Waals surface area contributed by atoms with Crippen molar-refractivity contribution in [1.29, 1.82) is 0 Å². The third-order valence-electron chi connectivity index (χ3n) is 6.73. The Morgan fingerprint density at radius 3 is 2.11 bits per heavy atom. The van der Waals surface area contributed by atoms with Crippen molar-refractivity contribution in [3.8, 4) is 0 Å². The van der Waals surface area contributed by atoms with E-state index in [-0.39, 0.29) is 0 Å². The topological polar surface area (TPSA) is 21.8 Å². The molecular formula is C23H50N4. The number of nitrogens with one attached hydrogen (secondary N) is 1. The molecule has 1 spiro atoms. The maximum atomic E-state index is 3.48. The van der Waals surface area contributed by atoms with E-state index in [2.05, 4.69) is 40.9 Å². The number of nitrogens with zero attached hydrogens (tertiary/aromatic N) is 3. The lowest BCUT2D eigenvalue weighted by atomic mass is 9.78. The third-order valence-corrected chi connectivity index (χ3v) is 6.73. The smallest absolute Gasteiger partial charge is 0.0224 e. The molecule has 4 heterocycles. The fourth-order valence-corrected chi connectivity index (χ4v) is 4.80. The average molecular weight is 383 g/mol. The fourth-order valence-electron chi connectivity index (χ4n) is 4.80. The van der Waals surface area contributed by atoms with Crippen LogP contribution < -0.4 is 5.32 Å². The molecule has 4 nitrogen and oxygen atoms in total. The van der Waals surface area contributed by atoms with Gasteiger partial charge in [0, 0.05) is 38.3 Å². The van der Waals surface area contributed by atoms with Gasteiger partial charge in [0.15, 0.2) is 0 Å². The van der Waals surface area contributed by atoms with Gasteiger partial charge in [-0.1, -0.05) is 27.7 Å². The molecule has 0 amide bonds. The van der Waals surface area contributed by atoms with Gasteiger partial charge in [-0.05, 0) is 84.6 Å². The molecule has 0 radical (unpaired) electrons. The summed E-state index contributed by atoms with van der Waals surface area (Å²) < 4.78 is 0. The summed E-state index contributed by atoms with van der Waals surface area (Å²) >= 11 is 0. The van der Waals surface area contributed by atoms with Gasteiger partial charge in [0.25, 0.3) is 0 Å². The summed E-state index contributed by atoms with van der Waals surface area (Å²) in [5, 5.41) is 3.48. The van der Waals surface area contributed by atoms with Crippen LogP contribution in [0.5, 0.6) is 0 Å². The molecule has 0 aromatic carbocycles. The van der Waals surface area contributed by atoms with E-state index in [9.17, 15) is 0 Å². The van der Waals surface area contributed by atoms with Crippen LogP contribution in [0.25, 0.3) is 0 Å². The lowest BCUT2D eigenvalue weighted by molar-refractivity contribution is 0.0827. The van der Waals surface area contributed by atoms with Crippen LogP contribution in [0.15, 0.2) is 0 Å². The van der Waals surface area contributed by atoms with Crippen molar-refractivity contribution in [3.05, 3.63) is 0 Å². The second-order valence-electron chi connectivity index (χ2n) is 8.65. The Morgan fingerprint density at radius 2 is 1.56 bits per heavy atom. The average Bonchev–Trinajstić information content (AvgIpc) is 3.37. The predicted octanol–water partition coefficient (Wildman–Crippen LogP) is 3.92. The van der Waals surface area contributed by atoms with Gasteiger partial charge in [0.05, 0.1) is 0 Å². The molecule has 0 aliphatic carbocycles. The van der Waals surface area contributed by atoms with Crippen molar-refractivity contribution in [2.75, 3.05) is 59.4 Å². The summed E-state index contributed by atoms with van der Waals surface area (Å²) in [6.45, 7) is 23.0. The number of piperazine rings is 1. The lowest BCUT2D eigenvalue weighted by Gasteiger charge is -2.39. The first-order valence-corrected chi connectivity index (χ1v) is 12.0. The van der Waals surface area contributed by atoms with Gasteiger partial charge in [-0.15, -0.1) is 0 Å². The highest BCUT2D eigenvalue weighted by molar-refractivity contribution is 4.91. The van der Waals surface area contributed by atoms with E-state index in [4.69, 9.17) is 0 Å². The standard InChI is InChI=1S/C10H20N2.C9H18N2.2C2H6/c1-9(2)12-7-6-11-5-3-4-10(11)8-12;1-11-6-3-9(4-7-11)2-5-10-8-9;2*1-2/h9-10H,3-8H2,1-2H3;10H,2-8H2,1H3;2*1-2H3. The van der Waals surface area contributed by atoms with E-state index in [1.807, 2.05) is 27.7 Å². The second kappa shape index (κ2) is 13.1. The number of piperidine rings is 1. The van der Waals surface area contributed by atoms with Crippen molar-refractivity contribution in [3.63, 3.8) is 0 Å². The summed E-state index contributed by atoms with van der Waals surface area (Å²) in [6.07, 6.45) is 7.10. The zero-order valence-electron chi connectivity index (χ0n) is 19.7. The number of likely N-dealkylation sites (tertiary alicyclic amines) is 1. The van der Waals surface area contributed by atoms with Gasteiger partial charge in [0.2, 0.25) is 0 Å². The van der Waals surface area contributed by atoms with Gasteiger partial charge in [0.1, 0.15) is 0 Å². The van der Waals surface area contributed by atoms with E-state index >= 15 is 0 Å². The minimum atomic E-state index is 0.701.